The van der Waals surface area contributed by atoms with E-state index in [1.807, 2.05) is 17.9 Å². The van der Waals surface area contributed by atoms with Crippen LogP contribution in [0.25, 0.3) is 0 Å². The number of fused-ring (bicyclic) bond motifs is 2. The standard InChI is InChI=1S/C20H21BrN4O3/c1-24-17-5-2-4-16(15(17)11-22-24)23-18(26)6-3-9-25-19(27)13-8-7-12(21)10-14(13)20(25)28/h7-8,10-11,16H,2-6,9H2,1H3,(H,23,26). The molecule has 0 fully saturated rings. The van der Waals surface area contributed by atoms with Crippen molar-refractivity contribution >= 4 is 33.7 Å². The Hall–Kier alpha value is -2.48. The van der Waals surface area contributed by atoms with Crippen LogP contribution < -0.4 is 5.32 Å². The lowest BCUT2D eigenvalue weighted by Crippen LogP contribution is -2.33. The maximum Gasteiger partial charge on any atom is 0.261 e. The minimum Gasteiger partial charge on any atom is -0.349 e. The second-order valence-electron chi connectivity index (χ2n) is 7.24. The molecule has 1 aromatic carbocycles. The number of aromatic nitrogens is 2. The highest BCUT2D eigenvalue weighted by Gasteiger charge is 2.35. The molecule has 1 aliphatic heterocycles. The lowest BCUT2D eigenvalue weighted by molar-refractivity contribution is -0.122. The molecule has 8 heteroatoms. The van der Waals surface area contributed by atoms with E-state index in [2.05, 4.69) is 26.3 Å². The first-order chi connectivity index (χ1) is 13.5. The van der Waals surface area contributed by atoms with Crippen LogP contribution in [0, 0.1) is 0 Å². The lowest BCUT2D eigenvalue weighted by atomic mass is 9.93. The van der Waals surface area contributed by atoms with Crippen LogP contribution in [0.4, 0.5) is 0 Å². The van der Waals surface area contributed by atoms with E-state index in [-0.39, 0.29) is 36.7 Å². The molecule has 3 amide bonds. The Morgan fingerprint density at radius 1 is 1.29 bits per heavy atom. The molecule has 1 aromatic heterocycles. The lowest BCUT2D eigenvalue weighted by Gasteiger charge is -2.24. The molecule has 1 atom stereocenters. The smallest absolute Gasteiger partial charge is 0.261 e. The fourth-order valence-corrected chi connectivity index (χ4v) is 4.35. The Balaban J connectivity index is 1.32. The molecule has 0 spiro atoms. The number of amides is 3. The van der Waals surface area contributed by atoms with Crippen LogP contribution in [-0.2, 0) is 18.3 Å². The molecule has 1 aliphatic carbocycles. The van der Waals surface area contributed by atoms with Gasteiger partial charge in [0.05, 0.1) is 23.4 Å². The Labute approximate surface area is 171 Å². The zero-order chi connectivity index (χ0) is 19.8. The first kappa shape index (κ1) is 18.9. The van der Waals surface area contributed by atoms with E-state index in [4.69, 9.17) is 0 Å². The fraction of sp³-hybridized carbons (Fsp3) is 0.400. The first-order valence-corrected chi connectivity index (χ1v) is 10.2. The van der Waals surface area contributed by atoms with Gasteiger partial charge in [-0.15, -0.1) is 0 Å². The summed E-state index contributed by atoms with van der Waals surface area (Å²) in [5, 5.41) is 7.37. The van der Waals surface area contributed by atoms with Gasteiger partial charge in [-0.1, -0.05) is 15.9 Å². The number of nitrogens with one attached hydrogen (secondary N) is 1. The van der Waals surface area contributed by atoms with E-state index in [9.17, 15) is 14.4 Å². The third-order valence-corrected chi connectivity index (χ3v) is 5.92. The molecule has 28 heavy (non-hydrogen) atoms. The maximum absolute atomic E-state index is 12.5. The van der Waals surface area contributed by atoms with Gasteiger partial charge in [-0.3, -0.25) is 24.0 Å². The summed E-state index contributed by atoms with van der Waals surface area (Å²) in [6, 6.07) is 5.05. The molecule has 0 radical (unpaired) electrons. The van der Waals surface area contributed by atoms with Crippen molar-refractivity contribution in [3.63, 3.8) is 0 Å². The molecule has 4 rings (SSSR count). The van der Waals surface area contributed by atoms with Crippen molar-refractivity contribution in [3.05, 3.63) is 51.3 Å². The summed E-state index contributed by atoms with van der Waals surface area (Å²) in [5.74, 6) is -0.657. The van der Waals surface area contributed by atoms with Crippen LogP contribution in [-0.4, -0.2) is 38.9 Å². The number of benzene rings is 1. The molecular formula is C20H21BrN4O3. The summed E-state index contributed by atoms with van der Waals surface area (Å²) >= 11 is 3.32. The van der Waals surface area contributed by atoms with E-state index < -0.39 is 0 Å². The van der Waals surface area contributed by atoms with Crippen LogP contribution in [0.3, 0.4) is 0 Å². The Morgan fingerprint density at radius 3 is 2.89 bits per heavy atom. The zero-order valence-corrected chi connectivity index (χ0v) is 17.2. The number of carbonyl (C=O) groups is 3. The molecule has 0 bridgehead atoms. The van der Waals surface area contributed by atoms with Crippen LogP contribution in [0.2, 0.25) is 0 Å². The minimum atomic E-state index is -0.297. The van der Waals surface area contributed by atoms with Crippen molar-refractivity contribution in [1.29, 1.82) is 0 Å². The van der Waals surface area contributed by atoms with E-state index in [1.54, 1.807) is 18.2 Å². The van der Waals surface area contributed by atoms with Crippen LogP contribution in [0.1, 0.15) is 63.7 Å². The van der Waals surface area contributed by atoms with Gasteiger partial charge >= 0.3 is 0 Å². The Morgan fingerprint density at radius 2 is 2.07 bits per heavy atom. The summed E-state index contributed by atoms with van der Waals surface area (Å²) < 4.78 is 2.63. The number of hydrogen-bond acceptors (Lipinski definition) is 4. The summed E-state index contributed by atoms with van der Waals surface area (Å²) in [5.41, 5.74) is 3.10. The average molecular weight is 445 g/mol. The number of rotatable bonds is 5. The number of imide groups is 1. The molecule has 0 saturated heterocycles. The second-order valence-corrected chi connectivity index (χ2v) is 8.15. The monoisotopic (exact) mass is 444 g/mol. The number of nitrogens with zero attached hydrogens (tertiary/aromatic N) is 3. The Bertz CT molecular complexity index is 968. The van der Waals surface area contributed by atoms with Gasteiger partial charge in [0.25, 0.3) is 11.8 Å². The summed E-state index contributed by atoms with van der Waals surface area (Å²) in [6.07, 6.45) is 5.43. The highest BCUT2D eigenvalue weighted by Crippen LogP contribution is 2.29. The predicted molar refractivity (Wildman–Crippen MR) is 106 cm³/mol. The van der Waals surface area contributed by atoms with E-state index in [1.165, 1.54) is 10.6 Å². The number of carbonyl (C=O) groups excluding carboxylic acids is 3. The van der Waals surface area contributed by atoms with Gasteiger partial charge in [0.15, 0.2) is 0 Å². The summed E-state index contributed by atoms with van der Waals surface area (Å²) in [6.45, 7) is 0.236. The highest BCUT2D eigenvalue weighted by molar-refractivity contribution is 9.10. The minimum absolute atomic E-state index is 0.0124. The topological polar surface area (TPSA) is 84.3 Å². The molecule has 1 unspecified atom stereocenters. The molecule has 2 aliphatic rings. The number of halogens is 1. The van der Waals surface area contributed by atoms with Crippen LogP contribution in [0.5, 0.6) is 0 Å². The van der Waals surface area contributed by atoms with Crippen molar-refractivity contribution in [1.82, 2.24) is 20.0 Å². The third kappa shape index (κ3) is 3.37. The first-order valence-electron chi connectivity index (χ1n) is 9.41. The molecule has 146 valence electrons. The van der Waals surface area contributed by atoms with Gasteiger partial charge in [0.1, 0.15) is 0 Å². The number of hydrogen-bond donors (Lipinski definition) is 1. The SMILES string of the molecule is Cn1ncc2c1CCCC2NC(=O)CCCN1C(=O)c2ccc(Br)cc2C1=O. The van der Waals surface area contributed by atoms with Crippen molar-refractivity contribution in [2.75, 3.05) is 6.54 Å². The average Bonchev–Trinajstić information content (AvgIpc) is 3.16. The largest absolute Gasteiger partial charge is 0.349 e. The second kappa shape index (κ2) is 7.50. The van der Waals surface area contributed by atoms with Gasteiger partial charge in [0, 0.05) is 35.7 Å². The Kier molecular flexibility index (Phi) is 5.05. The zero-order valence-electron chi connectivity index (χ0n) is 15.6. The van der Waals surface area contributed by atoms with Gasteiger partial charge in [-0.25, -0.2) is 0 Å². The number of aryl methyl sites for hydroxylation is 1. The van der Waals surface area contributed by atoms with E-state index in [0.29, 0.717) is 17.5 Å². The van der Waals surface area contributed by atoms with Crippen LogP contribution in [0.15, 0.2) is 28.9 Å². The molecule has 7 nitrogen and oxygen atoms in total. The maximum atomic E-state index is 12.5. The highest BCUT2D eigenvalue weighted by atomic mass is 79.9. The molecule has 0 saturated carbocycles. The van der Waals surface area contributed by atoms with Gasteiger partial charge < -0.3 is 5.32 Å². The normalized spacial score (nSPS) is 18.2. The van der Waals surface area contributed by atoms with E-state index >= 15 is 0 Å². The van der Waals surface area contributed by atoms with Crippen LogP contribution >= 0.6 is 15.9 Å². The molecule has 1 N–H and O–H groups in total. The van der Waals surface area contributed by atoms with Gasteiger partial charge in [-0.05, 0) is 43.9 Å². The quantitative estimate of drug-likeness (QED) is 0.718. The van der Waals surface area contributed by atoms with Crippen molar-refractivity contribution < 1.29 is 14.4 Å². The summed E-state index contributed by atoms with van der Waals surface area (Å²) in [7, 11) is 1.92. The summed E-state index contributed by atoms with van der Waals surface area (Å²) in [4.78, 5) is 38.5. The van der Waals surface area contributed by atoms with Gasteiger partial charge in [-0.2, -0.15) is 5.10 Å². The fourth-order valence-electron chi connectivity index (χ4n) is 3.99. The van der Waals surface area contributed by atoms with Crippen molar-refractivity contribution in [3.8, 4) is 0 Å². The van der Waals surface area contributed by atoms with Crippen molar-refractivity contribution in [2.24, 2.45) is 7.05 Å². The molecule has 2 heterocycles. The van der Waals surface area contributed by atoms with E-state index in [0.717, 1.165) is 29.3 Å². The van der Waals surface area contributed by atoms with Gasteiger partial charge in [0.2, 0.25) is 5.91 Å². The molecule has 2 aromatic rings. The predicted octanol–water partition coefficient (Wildman–Crippen LogP) is 2.75. The molecular weight excluding hydrogens is 424 g/mol. The third-order valence-electron chi connectivity index (χ3n) is 5.43. The van der Waals surface area contributed by atoms with Crippen molar-refractivity contribution in [2.45, 2.75) is 38.1 Å².